The number of aliphatic hydroxyl groups excluding tert-OH is 1. The molecule has 1 N–H and O–H groups in total. The Bertz CT molecular complexity index is 971. The Morgan fingerprint density at radius 1 is 0.967 bits per heavy atom. The predicted molar refractivity (Wildman–Crippen MR) is 118 cm³/mol. The minimum atomic E-state index is -3.93. The van der Waals surface area contributed by atoms with Crippen LogP contribution in [-0.2, 0) is 14.8 Å². The van der Waals surface area contributed by atoms with Crippen molar-refractivity contribution in [1.82, 2.24) is 4.90 Å². The number of nitrogens with zero attached hydrogens (tertiary/aromatic N) is 2. The SMILES string of the molecule is Cc1ccc(N(CC(=O)N(C)C2CCCCC2O)S(=O)(=O)c2ccc(C)cc2)cc1. The predicted octanol–water partition coefficient (Wildman–Crippen LogP) is 3.26. The largest absolute Gasteiger partial charge is 0.391 e. The molecule has 0 radical (unpaired) electrons. The van der Waals surface area contributed by atoms with Crippen LogP contribution in [0.3, 0.4) is 0 Å². The second-order valence-electron chi connectivity index (χ2n) is 8.08. The van der Waals surface area contributed by atoms with Crippen molar-refractivity contribution in [3.8, 4) is 0 Å². The molecule has 1 aliphatic rings. The second-order valence-corrected chi connectivity index (χ2v) is 9.95. The van der Waals surface area contributed by atoms with Gasteiger partial charge in [-0.2, -0.15) is 0 Å². The fourth-order valence-electron chi connectivity index (χ4n) is 3.83. The molecule has 3 rings (SSSR count). The number of hydrogen-bond donors (Lipinski definition) is 1. The van der Waals surface area contributed by atoms with Crippen molar-refractivity contribution < 1.29 is 18.3 Å². The van der Waals surface area contributed by atoms with E-state index in [0.717, 1.165) is 34.7 Å². The fraction of sp³-hybridized carbons (Fsp3) is 0.435. The molecule has 0 bridgehead atoms. The molecule has 1 saturated carbocycles. The Balaban J connectivity index is 1.92. The number of likely N-dealkylation sites (N-methyl/N-ethyl adjacent to an activating group) is 1. The molecular formula is C23H30N2O4S. The molecule has 1 fully saturated rings. The zero-order valence-electron chi connectivity index (χ0n) is 17.8. The third-order valence-electron chi connectivity index (χ3n) is 5.79. The van der Waals surface area contributed by atoms with Crippen LogP contribution in [0.4, 0.5) is 5.69 Å². The van der Waals surface area contributed by atoms with Crippen LogP contribution in [0.2, 0.25) is 0 Å². The van der Waals surface area contributed by atoms with Gasteiger partial charge in [0, 0.05) is 7.05 Å². The minimum Gasteiger partial charge on any atom is -0.391 e. The van der Waals surface area contributed by atoms with Crippen LogP contribution >= 0.6 is 0 Å². The van der Waals surface area contributed by atoms with Crippen molar-refractivity contribution >= 4 is 21.6 Å². The fourth-order valence-corrected chi connectivity index (χ4v) is 5.24. The van der Waals surface area contributed by atoms with E-state index in [-0.39, 0.29) is 23.4 Å². The molecule has 2 aromatic carbocycles. The molecule has 1 amide bonds. The van der Waals surface area contributed by atoms with E-state index >= 15 is 0 Å². The van der Waals surface area contributed by atoms with Crippen molar-refractivity contribution in [2.45, 2.75) is 56.6 Å². The van der Waals surface area contributed by atoms with Crippen molar-refractivity contribution in [3.63, 3.8) is 0 Å². The van der Waals surface area contributed by atoms with Gasteiger partial charge in [-0.15, -0.1) is 0 Å². The molecule has 7 heteroatoms. The first-order chi connectivity index (χ1) is 14.2. The molecule has 0 saturated heterocycles. The normalized spacial score (nSPS) is 19.3. The molecule has 162 valence electrons. The highest BCUT2D eigenvalue weighted by molar-refractivity contribution is 7.92. The van der Waals surface area contributed by atoms with E-state index in [9.17, 15) is 18.3 Å². The summed E-state index contributed by atoms with van der Waals surface area (Å²) in [6.45, 7) is 3.49. The van der Waals surface area contributed by atoms with Gasteiger partial charge < -0.3 is 10.0 Å². The number of anilines is 1. The lowest BCUT2D eigenvalue weighted by Crippen LogP contribution is -2.50. The highest BCUT2D eigenvalue weighted by atomic mass is 32.2. The van der Waals surface area contributed by atoms with Crippen LogP contribution in [0.5, 0.6) is 0 Å². The number of aryl methyl sites for hydroxylation is 2. The average Bonchev–Trinajstić information content (AvgIpc) is 2.72. The summed E-state index contributed by atoms with van der Waals surface area (Å²) in [5, 5.41) is 10.3. The number of carbonyl (C=O) groups excluding carboxylic acids is 1. The van der Waals surface area contributed by atoms with Gasteiger partial charge in [0.1, 0.15) is 6.54 Å². The molecule has 0 aliphatic heterocycles. The molecule has 0 aromatic heterocycles. The zero-order chi connectivity index (χ0) is 21.9. The molecule has 0 spiro atoms. The van der Waals surface area contributed by atoms with Crippen LogP contribution in [0.15, 0.2) is 53.4 Å². The van der Waals surface area contributed by atoms with Gasteiger partial charge in [-0.05, 0) is 51.0 Å². The van der Waals surface area contributed by atoms with Gasteiger partial charge >= 0.3 is 0 Å². The summed E-state index contributed by atoms with van der Waals surface area (Å²) >= 11 is 0. The molecule has 6 nitrogen and oxygen atoms in total. The summed E-state index contributed by atoms with van der Waals surface area (Å²) in [6.07, 6.45) is 2.69. The van der Waals surface area contributed by atoms with Gasteiger partial charge in [0.25, 0.3) is 10.0 Å². The topological polar surface area (TPSA) is 77.9 Å². The number of amides is 1. The zero-order valence-corrected chi connectivity index (χ0v) is 18.6. The Kier molecular flexibility index (Phi) is 6.83. The van der Waals surface area contributed by atoms with E-state index in [1.807, 2.05) is 26.0 Å². The van der Waals surface area contributed by atoms with Gasteiger partial charge in [0.05, 0.1) is 22.7 Å². The summed E-state index contributed by atoms with van der Waals surface area (Å²) in [6, 6.07) is 13.4. The van der Waals surface area contributed by atoms with Crippen molar-refractivity contribution in [2.24, 2.45) is 0 Å². The number of aliphatic hydroxyl groups is 1. The van der Waals surface area contributed by atoms with Crippen LogP contribution in [0.1, 0.15) is 36.8 Å². The number of hydrogen-bond acceptors (Lipinski definition) is 4. The average molecular weight is 431 g/mol. The van der Waals surface area contributed by atoms with Gasteiger partial charge in [-0.3, -0.25) is 9.10 Å². The lowest BCUT2D eigenvalue weighted by Gasteiger charge is -2.36. The summed E-state index contributed by atoms with van der Waals surface area (Å²) in [4.78, 5) is 14.7. The Morgan fingerprint density at radius 2 is 1.50 bits per heavy atom. The highest BCUT2D eigenvalue weighted by Gasteiger charge is 2.33. The summed E-state index contributed by atoms with van der Waals surface area (Å²) < 4.78 is 28.0. The first-order valence-electron chi connectivity index (χ1n) is 10.3. The lowest BCUT2D eigenvalue weighted by atomic mass is 9.91. The van der Waals surface area contributed by atoms with Gasteiger partial charge in [-0.1, -0.05) is 48.2 Å². The smallest absolute Gasteiger partial charge is 0.264 e. The number of sulfonamides is 1. The Morgan fingerprint density at radius 3 is 2.07 bits per heavy atom. The van der Waals surface area contributed by atoms with E-state index in [1.165, 1.54) is 4.90 Å². The molecule has 2 aromatic rings. The van der Waals surface area contributed by atoms with Gasteiger partial charge in [-0.25, -0.2) is 8.42 Å². The minimum absolute atomic E-state index is 0.141. The van der Waals surface area contributed by atoms with E-state index < -0.39 is 16.1 Å². The summed E-state index contributed by atoms with van der Waals surface area (Å²) in [7, 11) is -2.29. The van der Waals surface area contributed by atoms with Gasteiger partial charge in [0.15, 0.2) is 0 Å². The first kappa shape index (κ1) is 22.3. The molecule has 0 heterocycles. The van der Waals surface area contributed by atoms with Crippen molar-refractivity contribution in [3.05, 3.63) is 59.7 Å². The molecule has 2 unspecified atom stereocenters. The molecule has 2 atom stereocenters. The highest BCUT2D eigenvalue weighted by Crippen LogP contribution is 2.26. The Labute approximate surface area is 179 Å². The van der Waals surface area contributed by atoms with E-state index in [1.54, 1.807) is 43.4 Å². The monoisotopic (exact) mass is 430 g/mol. The maximum atomic E-state index is 13.4. The van der Waals surface area contributed by atoms with Crippen LogP contribution in [-0.4, -0.2) is 50.1 Å². The van der Waals surface area contributed by atoms with Crippen LogP contribution in [0.25, 0.3) is 0 Å². The van der Waals surface area contributed by atoms with Gasteiger partial charge in [0.2, 0.25) is 5.91 Å². The standard InChI is InChI=1S/C23H30N2O4S/c1-17-8-12-19(13-9-17)25(30(28,29)20-14-10-18(2)11-15-20)16-23(27)24(3)21-6-4-5-7-22(21)26/h8-15,21-22,26H,4-7,16H2,1-3H3. The van der Waals surface area contributed by atoms with Crippen molar-refractivity contribution in [1.29, 1.82) is 0 Å². The second kappa shape index (κ2) is 9.18. The lowest BCUT2D eigenvalue weighted by molar-refractivity contribution is -0.133. The van der Waals surface area contributed by atoms with E-state index in [2.05, 4.69) is 0 Å². The van der Waals surface area contributed by atoms with Crippen LogP contribution < -0.4 is 4.31 Å². The van der Waals surface area contributed by atoms with Crippen LogP contribution in [0, 0.1) is 13.8 Å². The molecular weight excluding hydrogens is 400 g/mol. The third kappa shape index (κ3) is 4.84. The maximum Gasteiger partial charge on any atom is 0.264 e. The van der Waals surface area contributed by atoms with E-state index in [4.69, 9.17) is 0 Å². The Hall–Kier alpha value is -2.38. The molecule has 30 heavy (non-hydrogen) atoms. The first-order valence-corrected chi connectivity index (χ1v) is 11.7. The third-order valence-corrected chi connectivity index (χ3v) is 7.58. The quantitative estimate of drug-likeness (QED) is 0.763. The maximum absolute atomic E-state index is 13.4. The van der Waals surface area contributed by atoms with E-state index in [0.29, 0.717) is 12.1 Å². The summed E-state index contributed by atoms with van der Waals surface area (Å²) in [5.41, 5.74) is 2.39. The van der Waals surface area contributed by atoms with Crippen molar-refractivity contribution in [2.75, 3.05) is 17.9 Å². The number of benzene rings is 2. The summed E-state index contributed by atoms with van der Waals surface area (Å²) in [5.74, 6) is -0.336. The number of rotatable bonds is 6. The molecule has 1 aliphatic carbocycles. The number of carbonyl (C=O) groups is 1.